The molecule has 0 saturated heterocycles. The van der Waals surface area contributed by atoms with Gasteiger partial charge in [-0.1, -0.05) is 0 Å². The molecule has 1 rings (SSSR count). The van der Waals surface area contributed by atoms with Crippen molar-refractivity contribution in [3.8, 4) is 0 Å². The van der Waals surface area contributed by atoms with Gasteiger partial charge >= 0.3 is 0 Å². The second kappa shape index (κ2) is 5.37. The number of nitrogens with one attached hydrogen (secondary N) is 1. The number of thiazole rings is 1. The van der Waals surface area contributed by atoms with E-state index in [0.29, 0.717) is 23.7 Å². The van der Waals surface area contributed by atoms with Crippen LogP contribution in [0.3, 0.4) is 0 Å². The number of carbonyl (C=O) groups excluding carboxylic acids is 2. The van der Waals surface area contributed by atoms with Crippen molar-refractivity contribution in [1.82, 2.24) is 4.98 Å². The molecule has 0 aliphatic rings. The fourth-order valence-corrected chi connectivity index (χ4v) is 1.88. The van der Waals surface area contributed by atoms with Crippen molar-refractivity contribution < 1.29 is 9.59 Å². The largest absolute Gasteiger partial charge is 0.326 e. The number of anilines is 1. The van der Waals surface area contributed by atoms with E-state index in [1.54, 1.807) is 5.38 Å². The number of aromatic nitrogens is 1. The van der Waals surface area contributed by atoms with E-state index in [2.05, 4.69) is 10.3 Å². The lowest BCUT2D eigenvalue weighted by atomic mass is 10.00. The molecular weight excluding hydrogens is 238 g/mol. The second-order valence-corrected chi connectivity index (χ2v) is 5.49. The Balaban J connectivity index is 2.48. The number of amides is 1. The highest BCUT2D eigenvalue weighted by atomic mass is 32.1. The second-order valence-electron chi connectivity index (χ2n) is 4.63. The molecule has 1 amide bonds. The predicted molar refractivity (Wildman–Crippen MR) is 68.2 cm³/mol. The number of hydrogen-bond acceptors (Lipinski definition) is 5. The summed E-state index contributed by atoms with van der Waals surface area (Å²) < 4.78 is 0. The summed E-state index contributed by atoms with van der Waals surface area (Å²) in [5, 5.41) is 4.73. The Hall–Kier alpha value is -1.27. The molecule has 0 aromatic carbocycles. The lowest BCUT2D eigenvalue weighted by molar-refractivity contribution is -0.116. The Kier molecular flexibility index (Phi) is 4.36. The van der Waals surface area contributed by atoms with Gasteiger partial charge in [0.05, 0.1) is 0 Å². The average Bonchev–Trinajstić information content (AvgIpc) is 2.62. The minimum Gasteiger partial charge on any atom is -0.326 e. The third kappa shape index (κ3) is 5.06. The topological polar surface area (TPSA) is 85.1 Å². The molecule has 1 heterocycles. The van der Waals surface area contributed by atoms with Gasteiger partial charge in [-0.05, 0) is 20.3 Å². The highest BCUT2D eigenvalue weighted by Gasteiger charge is 2.14. The van der Waals surface area contributed by atoms with E-state index in [9.17, 15) is 9.59 Å². The SMILES string of the molecule is CC(=O)c1csc(NC(=O)CCC(C)(C)N)n1. The summed E-state index contributed by atoms with van der Waals surface area (Å²) >= 11 is 1.24. The van der Waals surface area contributed by atoms with E-state index >= 15 is 0 Å². The molecule has 17 heavy (non-hydrogen) atoms. The van der Waals surface area contributed by atoms with Crippen LogP contribution >= 0.6 is 11.3 Å². The number of carbonyl (C=O) groups is 2. The van der Waals surface area contributed by atoms with Crippen molar-refractivity contribution in [3.05, 3.63) is 11.1 Å². The molecule has 0 bridgehead atoms. The summed E-state index contributed by atoms with van der Waals surface area (Å²) in [6, 6.07) is 0. The normalized spacial score (nSPS) is 11.3. The van der Waals surface area contributed by atoms with Crippen molar-refractivity contribution >= 4 is 28.2 Å². The molecule has 1 aromatic heterocycles. The van der Waals surface area contributed by atoms with Crippen LogP contribution < -0.4 is 11.1 Å². The maximum Gasteiger partial charge on any atom is 0.226 e. The van der Waals surface area contributed by atoms with E-state index in [1.165, 1.54) is 18.3 Å². The van der Waals surface area contributed by atoms with Crippen LogP contribution in [0.4, 0.5) is 5.13 Å². The molecule has 0 atom stereocenters. The van der Waals surface area contributed by atoms with Gasteiger partial charge in [0, 0.05) is 24.3 Å². The van der Waals surface area contributed by atoms with Crippen LogP contribution in [-0.2, 0) is 4.79 Å². The number of rotatable bonds is 5. The van der Waals surface area contributed by atoms with Crippen LogP contribution in [-0.4, -0.2) is 22.2 Å². The summed E-state index contributed by atoms with van der Waals surface area (Å²) in [5.74, 6) is -0.238. The highest BCUT2D eigenvalue weighted by molar-refractivity contribution is 7.14. The lowest BCUT2D eigenvalue weighted by Crippen LogP contribution is -2.33. The molecule has 0 aliphatic heterocycles. The van der Waals surface area contributed by atoms with Crippen LogP contribution in [0.25, 0.3) is 0 Å². The average molecular weight is 255 g/mol. The van der Waals surface area contributed by atoms with Crippen molar-refractivity contribution in [1.29, 1.82) is 0 Å². The first-order valence-corrected chi connectivity index (χ1v) is 6.21. The minimum atomic E-state index is -0.356. The van der Waals surface area contributed by atoms with Crippen molar-refractivity contribution in [3.63, 3.8) is 0 Å². The molecule has 5 nitrogen and oxygen atoms in total. The molecule has 3 N–H and O–H groups in total. The van der Waals surface area contributed by atoms with Crippen molar-refractivity contribution in [2.45, 2.75) is 39.2 Å². The van der Waals surface area contributed by atoms with Gasteiger partial charge in [0.2, 0.25) is 5.91 Å². The van der Waals surface area contributed by atoms with Gasteiger partial charge in [0.15, 0.2) is 10.9 Å². The molecule has 1 aromatic rings. The van der Waals surface area contributed by atoms with Gasteiger partial charge in [0.25, 0.3) is 0 Å². The first-order chi connectivity index (χ1) is 7.78. The summed E-state index contributed by atoms with van der Waals surface area (Å²) in [4.78, 5) is 26.6. The smallest absolute Gasteiger partial charge is 0.226 e. The third-order valence-corrected chi connectivity index (χ3v) is 2.87. The molecule has 0 fully saturated rings. The molecule has 0 aliphatic carbocycles. The first kappa shape index (κ1) is 13.8. The van der Waals surface area contributed by atoms with E-state index in [0.717, 1.165) is 0 Å². The van der Waals surface area contributed by atoms with Crippen molar-refractivity contribution in [2.24, 2.45) is 5.73 Å². The number of Topliss-reactive ketones (excluding diaryl/α,β-unsaturated/α-hetero) is 1. The maximum atomic E-state index is 11.6. The number of ketones is 1. The molecule has 94 valence electrons. The zero-order valence-electron chi connectivity index (χ0n) is 10.2. The van der Waals surface area contributed by atoms with E-state index in [-0.39, 0.29) is 17.2 Å². The lowest BCUT2D eigenvalue weighted by Gasteiger charge is -2.17. The monoisotopic (exact) mass is 255 g/mol. The van der Waals surface area contributed by atoms with Crippen molar-refractivity contribution in [2.75, 3.05) is 5.32 Å². The number of nitrogens with two attached hydrogens (primary N) is 1. The van der Waals surface area contributed by atoms with Gasteiger partial charge in [-0.2, -0.15) is 0 Å². The van der Waals surface area contributed by atoms with Crippen LogP contribution in [0.15, 0.2) is 5.38 Å². The Labute approximate surface area is 104 Å². The number of nitrogens with zero attached hydrogens (tertiary/aromatic N) is 1. The predicted octanol–water partition coefficient (Wildman–Crippen LogP) is 1.80. The highest BCUT2D eigenvalue weighted by Crippen LogP contribution is 2.16. The van der Waals surface area contributed by atoms with Gasteiger partial charge in [-0.3, -0.25) is 9.59 Å². The fraction of sp³-hybridized carbons (Fsp3) is 0.545. The Bertz CT molecular complexity index is 421. The van der Waals surface area contributed by atoms with Crippen LogP contribution in [0.5, 0.6) is 0 Å². The summed E-state index contributed by atoms with van der Waals surface area (Å²) in [6.07, 6.45) is 0.947. The molecule has 0 radical (unpaired) electrons. The Morgan fingerprint density at radius 1 is 1.53 bits per heavy atom. The molecular formula is C11H17N3O2S. The standard InChI is InChI=1S/C11H17N3O2S/c1-7(15)8-6-17-10(13-8)14-9(16)4-5-11(2,3)12/h6H,4-5,12H2,1-3H3,(H,13,14,16). The molecule has 0 unspecified atom stereocenters. The quantitative estimate of drug-likeness (QED) is 0.786. The van der Waals surface area contributed by atoms with Crippen LogP contribution in [0.2, 0.25) is 0 Å². The molecule has 0 spiro atoms. The zero-order valence-corrected chi connectivity index (χ0v) is 11.1. The summed E-state index contributed by atoms with van der Waals surface area (Å²) in [6.45, 7) is 5.19. The molecule has 6 heteroatoms. The Morgan fingerprint density at radius 3 is 2.65 bits per heavy atom. The summed E-state index contributed by atoms with van der Waals surface area (Å²) in [7, 11) is 0. The van der Waals surface area contributed by atoms with Gasteiger partial charge < -0.3 is 11.1 Å². The van der Waals surface area contributed by atoms with Crippen LogP contribution in [0.1, 0.15) is 44.1 Å². The number of hydrogen-bond donors (Lipinski definition) is 2. The van der Waals surface area contributed by atoms with Gasteiger partial charge in [0.1, 0.15) is 5.69 Å². The van der Waals surface area contributed by atoms with E-state index in [4.69, 9.17) is 5.73 Å². The summed E-state index contributed by atoms with van der Waals surface area (Å²) in [5.41, 5.74) is 5.81. The first-order valence-electron chi connectivity index (χ1n) is 5.33. The van der Waals surface area contributed by atoms with Gasteiger partial charge in [-0.25, -0.2) is 4.98 Å². The maximum absolute atomic E-state index is 11.6. The third-order valence-electron chi connectivity index (χ3n) is 2.11. The van der Waals surface area contributed by atoms with Gasteiger partial charge in [-0.15, -0.1) is 11.3 Å². The van der Waals surface area contributed by atoms with Crippen LogP contribution in [0, 0.1) is 0 Å². The van der Waals surface area contributed by atoms with E-state index in [1.807, 2.05) is 13.8 Å². The zero-order chi connectivity index (χ0) is 13.1. The Morgan fingerprint density at radius 2 is 2.18 bits per heavy atom. The molecule has 0 saturated carbocycles. The fourth-order valence-electron chi connectivity index (χ4n) is 1.11. The van der Waals surface area contributed by atoms with E-state index < -0.39 is 0 Å². The minimum absolute atomic E-state index is 0.107.